The van der Waals surface area contributed by atoms with Gasteiger partial charge >= 0.3 is 12.4 Å². The number of benzene rings is 1. The van der Waals surface area contributed by atoms with Gasteiger partial charge in [0.15, 0.2) is 5.69 Å². The molecule has 0 amide bonds. The standard InChI is InChI=1S/C11H7F6N3/c12-10(13,14)8-7(5-1-3-6(18)4-2-5)9(20-19-8)11(15,16)17/h1-4H,18H2,(H,19,20). The van der Waals surface area contributed by atoms with Crippen LogP contribution < -0.4 is 5.73 Å². The van der Waals surface area contributed by atoms with E-state index in [2.05, 4.69) is 5.10 Å². The van der Waals surface area contributed by atoms with Crippen molar-refractivity contribution in [1.29, 1.82) is 0 Å². The third-order valence-electron chi connectivity index (χ3n) is 2.52. The summed E-state index contributed by atoms with van der Waals surface area (Å²) in [6, 6.07) is 4.57. The first-order valence-corrected chi connectivity index (χ1v) is 5.19. The molecule has 0 aliphatic heterocycles. The number of rotatable bonds is 1. The molecule has 1 aromatic heterocycles. The summed E-state index contributed by atoms with van der Waals surface area (Å²) in [5.74, 6) is 0. The van der Waals surface area contributed by atoms with Crippen molar-refractivity contribution >= 4 is 5.69 Å². The van der Waals surface area contributed by atoms with Crippen LogP contribution in [0.3, 0.4) is 0 Å². The largest absolute Gasteiger partial charge is 0.435 e. The number of nitrogen functional groups attached to an aromatic ring is 1. The second kappa shape index (κ2) is 4.43. The van der Waals surface area contributed by atoms with Crippen LogP contribution in [0.2, 0.25) is 0 Å². The summed E-state index contributed by atoms with van der Waals surface area (Å²) in [7, 11) is 0. The van der Waals surface area contributed by atoms with E-state index in [1.54, 1.807) is 0 Å². The van der Waals surface area contributed by atoms with E-state index in [9.17, 15) is 26.3 Å². The average molecular weight is 295 g/mol. The quantitative estimate of drug-likeness (QED) is 0.622. The van der Waals surface area contributed by atoms with Gasteiger partial charge in [-0.25, -0.2) is 0 Å². The molecule has 1 aromatic carbocycles. The van der Waals surface area contributed by atoms with Crippen molar-refractivity contribution in [3.05, 3.63) is 35.7 Å². The molecule has 0 atom stereocenters. The minimum Gasteiger partial charge on any atom is -0.399 e. The molecule has 1 heterocycles. The monoisotopic (exact) mass is 295 g/mol. The molecule has 0 fully saturated rings. The Morgan fingerprint density at radius 3 is 1.90 bits per heavy atom. The molecule has 0 saturated carbocycles. The SMILES string of the molecule is Nc1ccc(-c2c(C(F)(F)F)n[nH]c2C(F)(F)F)cc1. The lowest BCUT2D eigenvalue weighted by Gasteiger charge is -2.10. The molecule has 2 aromatic rings. The molecule has 108 valence electrons. The van der Waals surface area contributed by atoms with E-state index in [0.29, 0.717) is 0 Å². The normalized spacial score (nSPS) is 12.7. The van der Waals surface area contributed by atoms with Crippen LogP contribution in [-0.2, 0) is 12.4 Å². The number of halogens is 6. The van der Waals surface area contributed by atoms with Gasteiger partial charge in [-0.1, -0.05) is 12.1 Å². The molecular weight excluding hydrogens is 288 g/mol. The van der Waals surface area contributed by atoms with E-state index in [1.807, 2.05) is 0 Å². The zero-order valence-corrected chi connectivity index (χ0v) is 9.60. The molecule has 2 rings (SSSR count). The molecule has 9 heteroatoms. The summed E-state index contributed by atoms with van der Waals surface area (Å²) in [6.07, 6.45) is -9.98. The van der Waals surface area contributed by atoms with Crippen molar-refractivity contribution in [2.75, 3.05) is 5.73 Å². The van der Waals surface area contributed by atoms with Gasteiger partial charge in [-0.15, -0.1) is 0 Å². The number of aromatic amines is 1. The molecule has 0 aliphatic rings. The van der Waals surface area contributed by atoms with Crippen LogP contribution in [0.4, 0.5) is 32.0 Å². The van der Waals surface area contributed by atoms with Crippen LogP contribution in [0.1, 0.15) is 11.4 Å². The molecule has 0 saturated heterocycles. The summed E-state index contributed by atoms with van der Waals surface area (Å²) < 4.78 is 76.5. The van der Waals surface area contributed by atoms with Gasteiger partial charge in [0.25, 0.3) is 0 Å². The zero-order valence-electron chi connectivity index (χ0n) is 9.60. The lowest BCUT2D eigenvalue weighted by molar-refractivity contribution is -0.141. The number of nitrogens with zero attached hydrogens (tertiary/aromatic N) is 1. The van der Waals surface area contributed by atoms with E-state index >= 15 is 0 Å². The lowest BCUT2D eigenvalue weighted by Crippen LogP contribution is -2.10. The third-order valence-corrected chi connectivity index (χ3v) is 2.52. The molecule has 3 nitrogen and oxygen atoms in total. The summed E-state index contributed by atoms with van der Waals surface area (Å²) >= 11 is 0. The van der Waals surface area contributed by atoms with Crippen LogP contribution in [0, 0.1) is 0 Å². The maximum atomic E-state index is 12.8. The highest BCUT2D eigenvalue weighted by molar-refractivity contribution is 5.71. The zero-order chi connectivity index (χ0) is 15.1. The predicted molar refractivity (Wildman–Crippen MR) is 58.4 cm³/mol. The molecule has 0 aliphatic carbocycles. The highest BCUT2D eigenvalue weighted by Crippen LogP contribution is 2.43. The highest BCUT2D eigenvalue weighted by Gasteiger charge is 2.44. The van der Waals surface area contributed by atoms with Crippen molar-refractivity contribution in [3.63, 3.8) is 0 Å². The number of anilines is 1. The van der Waals surface area contributed by atoms with E-state index < -0.39 is 29.3 Å². The first-order chi connectivity index (χ1) is 9.10. The second-order valence-corrected chi connectivity index (χ2v) is 3.94. The van der Waals surface area contributed by atoms with Gasteiger partial charge < -0.3 is 5.73 Å². The Kier molecular flexibility index (Phi) is 3.15. The summed E-state index contributed by atoms with van der Waals surface area (Å²) in [4.78, 5) is 0. The van der Waals surface area contributed by atoms with Gasteiger partial charge in [0.05, 0.1) is 0 Å². The van der Waals surface area contributed by atoms with Crippen molar-refractivity contribution in [1.82, 2.24) is 10.2 Å². The number of aromatic nitrogens is 2. The Labute approximate surface area is 108 Å². The van der Waals surface area contributed by atoms with Crippen molar-refractivity contribution < 1.29 is 26.3 Å². The molecule has 0 bridgehead atoms. The van der Waals surface area contributed by atoms with Crippen molar-refractivity contribution in [2.45, 2.75) is 12.4 Å². The van der Waals surface area contributed by atoms with Crippen molar-refractivity contribution in [2.24, 2.45) is 0 Å². The minimum atomic E-state index is -5.00. The van der Waals surface area contributed by atoms with Gasteiger partial charge in [-0.3, -0.25) is 5.10 Å². The van der Waals surface area contributed by atoms with E-state index in [0.717, 1.165) is 12.1 Å². The van der Waals surface area contributed by atoms with Gasteiger partial charge in [0.2, 0.25) is 0 Å². The van der Waals surface area contributed by atoms with Gasteiger partial charge in [-0.2, -0.15) is 31.4 Å². The maximum absolute atomic E-state index is 12.8. The predicted octanol–water partition coefficient (Wildman–Crippen LogP) is 3.70. The Morgan fingerprint density at radius 2 is 1.45 bits per heavy atom. The average Bonchev–Trinajstić information content (AvgIpc) is 2.73. The van der Waals surface area contributed by atoms with Crippen LogP contribution in [0.5, 0.6) is 0 Å². The Morgan fingerprint density at radius 1 is 0.900 bits per heavy atom. The first-order valence-electron chi connectivity index (χ1n) is 5.19. The van der Waals surface area contributed by atoms with Gasteiger partial charge in [0.1, 0.15) is 5.69 Å². The number of alkyl halides is 6. The fraction of sp³-hybridized carbons (Fsp3) is 0.182. The number of hydrogen-bond donors (Lipinski definition) is 2. The number of hydrogen-bond acceptors (Lipinski definition) is 2. The minimum absolute atomic E-state index is 0.222. The van der Waals surface area contributed by atoms with Crippen LogP contribution >= 0.6 is 0 Å². The number of nitrogens with two attached hydrogens (primary N) is 1. The Hall–Kier alpha value is -2.19. The molecular formula is C11H7F6N3. The van der Waals surface area contributed by atoms with Crippen LogP contribution in [0.25, 0.3) is 11.1 Å². The fourth-order valence-corrected chi connectivity index (χ4v) is 1.68. The number of H-pyrrole nitrogens is 1. The molecule has 0 spiro atoms. The van der Waals surface area contributed by atoms with Crippen LogP contribution in [-0.4, -0.2) is 10.2 Å². The summed E-state index contributed by atoms with van der Waals surface area (Å²) in [5, 5.41) is 4.16. The molecule has 3 N–H and O–H groups in total. The molecule has 20 heavy (non-hydrogen) atoms. The smallest absolute Gasteiger partial charge is 0.399 e. The Bertz CT molecular complexity index is 577. The topological polar surface area (TPSA) is 54.7 Å². The van der Waals surface area contributed by atoms with Crippen molar-refractivity contribution in [3.8, 4) is 11.1 Å². The second-order valence-electron chi connectivity index (χ2n) is 3.94. The lowest BCUT2D eigenvalue weighted by atomic mass is 10.0. The molecule has 0 unspecified atom stereocenters. The number of nitrogens with one attached hydrogen (secondary N) is 1. The maximum Gasteiger partial charge on any atom is 0.435 e. The van der Waals surface area contributed by atoms with E-state index in [4.69, 9.17) is 5.73 Å². The molecule has 0 radical (unpaired) electrons. The fourth-order valence-electron chi connectivity index (χ4n) is 1.68. The Balaban J connectivity index is 2.70. The summed E-state index contributed by atoms with van der Waals surface area (Å²) in [5.41, 5.74) is 1.11. The van der Waals surface area contributed by atoms with Gasteiger partial charge in [0, 0.05) is 11.3 Å². The summed E-state index contributed by atoms with van der Waals surface area (Å²) in [6.45, 7) is 0. The van der Waals surface area contributed by atoms with E-state index in [-0.39, 0.29) is 11.3 Å². The third kappa shape index (κ3) is 2.56. The van der Waals surface area contributed by atoms with Gasteiger partial charge in [-0.05, 0) is 17.7 Å². The highest BCUT2D eigenvalue weighted by atomic mass is 19.4. The van der Waals surface area contributed by atoms with Crippen LogP contribution in [0.15, 0.2) is 24.3 Å². The van der Waals surface area contributed by atoms with E-state index in [1.165, 1.54) is 17.2 Å². The first kappa shape index (κ1) is 14.2.